The highest BCUT2D eigenvalue weighted by Crippen LogP contribution is 2.04. The molecular formula is C7H9BO. The highest BCUT2D eigenvalue weighted by molar-refractivity contribution is 6.35. The van der Waals surface area contributed by atoms with Crippen molar-refractivity contribution in [3.8, 4) is 5.75 Å². The molecule has 0 amide bonds. The van der Waals surface area contributed by atoms with E-state index in [1.54, 1.807) is 6.07 Å². The molecule has 9 heavy (non-hydrogen) atoms. The molecule has 0 spiro atoms. The van der Waals surface area contributed by atoms with Gasteiger partial charge in [0.2, 0.25) is 0 Å². The number of benzene rings is 1. The molecule has 1 aromatic rings. The van der Waals surface area contributed by atoms with E-state index in [9.17, 15) is 0 Å². The molecule has 0 aliphatic rings. The number of hydrogen-bond acceptors (Lipinski definition) is 1. The minimum absolute atomic E-state index is 0.384. The van der Waals surface area contributed by atoms with Crippen molar-refractivity contribution < 1.29 is 5.11 Å². The molecule has 46 valence electrons. The summed E-state index contributed by atoms with van der Waals surface area (Å²) in [6.45, 7) is 1.98. The zero-order chi connectivity index (χ0) is 6.85. The molecule has 0 radical (unpaired) electrons. The number of phenolic OH excluding ortho intramolecular Hbond substituents is 1. The second-order valence-corrected chi connectivity index (χ2v) is 2.22. The smallest absolute Gasteiger partial charge is 0.144 e. The average molecular weight is 120 g/mol. The van der Waals surface area contributed by atoms with E-state index in [0.717, 1.165) is 11.0 Å². The van der Waals surface area contributed by atoms with Crippen LogP contribution in [0.5, 0.6) is 5.75 Å². The Bertz CT molecular complexity index is 200. The number of rotatable bonds is 0. The van der Waals surface area contributed by atoms with Crippen LogP contribution in [0.15, 0.2) is 18.2 Å². The molecule has 1 N–H and O–H groups in total. The molecule has 0 aromatic heterocycles. The van der Waals surface area contributed by atoms with Gasteiger partial charge < -0.3 is 5.11 Å². The van der Waals surface area contributed by atoms with Crippen molar-refractivity contribution in [1.82, 2.24) is 0 Å². The SMILES string of the molecule is Bc1c(C)cccc1O. The first kappa shape index (κ1) is 6.21. The number of aryl methyl sites for hydroxylation is 1. The Hall–Kier alpha value is -0.915. The van der Waals surface area contributed by atoms with E-state index in [1.807, 2.05) is 26.9 Å². The summed E-state index contributed by atoms with van der Waals surface area (Å²) < 4.78 is 0. The third-order valence-electron chi connectivity index (χ3n) is 1.58. The molecule has 1 aromatic carbocycles. The molecule has 2 heteroatoms. The molecule has 0 fully saturated rings. The molecule has 1 rings (SSSR count). The molecule has 0 saturated heterocycles. The lowest BCUT2D eigenvalue weighted by Crippen LogP contribution is -2.06. The van der Waals surface area contributed by atoms with Crippen molar-refractivity contribution in [2.24, 2.45) is 0 Å². The fourth-order valence-electron chi connectivity index (χ4n) is 0.736. The molecule has 0 heterocycles. The van der Waals surface area contributed by atoms with E-state index >= 15 is 0 Å². The predicted molar refractivity (Wildman–Crippen MR) is 41.0 cm³/mol. The van der Waals surface area contributed by atoms with Gasteiger partial charge in [-0.15, -0.1) is 0 Å². The molecule has 0 aliphatic heterocycles. The maximum absolute atomic E-state index is 9.10. The summed E-state index contributed by atoms with van der Waals surface area (Å²) in [6, 6.07) is 5.52. The van der Waals surface area contributed by atoms with Gasteiger partial charge in [-0.25, -0.2) is 0 Å². The summed E-state index contributed by atoms with van der Waals surface area (Å²) >= 11 is 0. The molecular weight excluding hydrogens is 111 g/mol. The first-order valence-corrected chi connectivity index (χ1v) is 2.97. The summed E-state index contributed by atoms with van der Waals surface area (Å²) in [4.78, 5) is 0. The van der Waals surface area contributed by atoms with Crippen molar-refractivity contribution in [2.45, 2.75) is 6.92 Å². The summed E-state index contributed by atoms with van der Waals surface area (Å²) in [5.41, 5.74) is 2.10. The monoisotopic (exact) mass is 120 g/mol. The zero-order valence-corrected chi connectivity index (χ0v) is 5.68. The maximum Gasteiger partial charge on any atom is 0.144 e. The highest BCUT2D eigenvalue weighted by Gasteiger charge is 1.94. The van der Waals surface area contributed by atoms with Gasteiger partial charge in [-0.2, -0.15) is 0 Å². The standard InChI is InChI=1S/C7H9BO/c1-5-3-2-4-6(9)7(5)8/h2-4,9H,8H2,1H3. The topological polar surface area (TPSA) is 20.2 Å². The van der Waals surface area contributed by atoms with Crippen LogP contribution in [0, 0.1) is 6.92 Å². The van der Waals surface area contributed by atoms with Gasteiger partial charge in [0.25, 0.3) is 0 Å². The van der Waals surface area contributed by atoms with Gasteiger partial charge in [-0.3, -0.25) is 0 Å². The molecule has 1 nitrogen and oxygen atoms in total. The Labute approximate surface area is 55.7 Å². The van der Waals surface area contributed by atoms with Gasteiger partial charge in [0.1, 0.15) is 13.6 Å². The van der Waals surface area contributed by atoms with E-state index in [4.69, 9.17) is 5.11 Å². The van der Waals surface area contributed by atoms with Crippen LogP contribution < -0.4 is 5.46 Å². The lowest BCUT2D eigenvalue weighted by Gasteiger charge is -1.99. The van der Waals surface area contributed by atoms with Crippen LogP contribution in [0.2, 0.25) is 0 Å². The van der Waals surface area contributed by atoms with Crippen molar-refractivity contribution in [2.75, 3.05) is 0 Å². The molecule has 0 atom stereocenters. The van der Waals surface area contributed by atoms with E-state index < -0.39 is 0 Å². The molecule has 0 unspecified atom stereocenters. The van der Waals surface area contributed by atoms with Gasteiger partial charge in [-0.1, -0.05) is 17.7 Å². The summed E-state index contributed by atoms with van der Waals surface area (Å²) in [6.07, 6.45) is 0. The second-order valence-electron chi connectivity index (χ2n) is 2.22. The van der Waals surface area contributed by atoms with Gasteiger partial charge in [0, 0.05) is 0 Å². The lowest BCUT2D eigenvalue weighted by molar-refractivity contribution is 0.479. The van der Waals surface area contributed by atoms with E-state index in [2.05, 4.69) is 0 Å². The first-order chi connectivity index (χ1) is 4.22. The van der Waals surface area contributed by atoms with Crippen LogP contribution in [-0.2, 0) is 0 Å². The predicted octanol–water partition coefficient (Wildman–Crippen LogP) is -0.0410. The average Bonchev–Trinajstić information content (AvgIpc) is 1.83. The van der Waals surface area contributed by atoms with Crippen LogP contribution in [-0.4, -0.2) is 13.0 Å². The maximum atomic E-state index is 9.10. The van der Waals surface area contributed by atoms with Crippen molar-refractivity contribution >= 4 is 13.3 Å². The van der Waals surface area contributed by atoms with Gasteiger partial charge >= 0.3 is 0 Å². The van der Waals surface area contributed by atoms with E-state index in [0.29, 0.717) is 5.75 Å². The van der Waals surface area contributed by atoms with Crippen molar-refractivity contribution in [3.63, 3.8) is 0 Å². The highest BCUT2D eigenvalue weighted by atomic mass is 16.3. The normalized spacial score (nSPS) is 9.44. The summed E-state index contributed by atoms with van der Waals surface area (Å²) in [7, 11) is 1.91. The van der Waals surface area contributed by atoms with Crippen molar-refractivity contribution in [3.05, 3.63) is 23.8 Å². The lowest BCUT2D eigenvalue weighted by atomic mass is 9.90. The third-order valence-corrected chi connectivity index (χ3v) is 1.58. The summed E-state index contributed by atoms with van der Waals surface area (Å²) in [5, 5.41) is 9.10. The number of aromatic hydroxyl groups is 1. The minimum Gasteiger partial charge on any atom is -0.509 e. The van der Waals surface area contributed by atoms with Crippen molar-refractivity contribution in [1.29, 1.82) is 0 Å². The van der Waals surface area contributed by atoms with Crippen LogP contribution in [0.1, 0.15) is 5.56 Å². The van der Waals surface area contributed by atoms with E-state index in [-0.39, 0.29) is 0 Å². The first-order valence-electron chi connectivity index (χ1n) is 2.97. The second kappa shape index (κ2) is 2.13. The third kappa shape index (κ3) is 1.07. The van der Waals surface area contributed by atoms with Gasteiger partial charge in [0.15, 0.2) is 0 Å². The Morgan fingerprint density at radius 1 is 1.44 bits per heavy atom. The Kier molecular flexibility index (Phi) is 1.47. The van der Waals surface area contributed by atoms with Gasteiger partial charge in [0.05, 0.1) is 0 Å². The molecule has 0 bridgehead atoms. The minimum atomic E-state index is 0.384. The largest absolute Gasteiger partial charge is 0.509 e. The zero-order valence-electron chi connectivity index (χ0n) is 5.68. The fourth-order valence-corrected chi connectivity index (χ4v) is 0.736. The summed E-state index contributed by atoms with van der Waals surface area (Å²) in [5.74, 6) is 0.384. The number of phenols is 1. The number of hydrogen-bond donors (Lipinski definition) is 1. The molecule has 0 saturated carbocycles. The Balaban J connectivity index is 3.25. The van der Waals surface area contributed by atoms with Crippen LogP contribution in [0.4, 0.5) is 0 Å². The van der Waals surface area contributed by atoms with Crippen LogP contribution in [0.3, 0.4) is 0 Å². The van der Waals surface area contributed by atoms with Gasteiger partial charge in [-0.05, 0) is 18.5 Å². The Morgan fingerprint density at radius 2 is 2.11 bits per heavy atom. The molecule has 0 aliphatic carbocycles. The van der Waals surface area contributed by atoms with Crippen LogP contribution >= 0.6 is 0 Å². The quantitative estimate of drug-likeness (QED) is 0.476. The Morgan fingerprint density at radius 3 is 2.56 bits per heavy atom. The van der Waals surface area contributed by atoms with Crippen LogP contribution in [0.25, 0.3) is 0 Å². The fraction of sp³-hybridized carbons (Fsp3) is 0.143. The van der Waals surface area contributed by atoms with E-state index in [1.165, 1.54) is 0 Å².